The second-order valence-corrected chi connectivity index (χ2v) is 8.79. The van der Waals surface area contributed by atoms with Crippen molar-refractivity contribution in [2.24, 2.45) is 4.99 Å². The van der Waals surface area contributed by atoms with E-state index in [-0.39, 0.29) is 11.6 Å². The molecule has 30 heavy (non-hydrogen) atoms. The summed E-state index contributed by atoms with van der Waals surface area (Å²) in [6, 6.07) is 17.8. The molecule has 0 amide bonds. The molecule has 7 heteroatoms. The number of aromatic amines is 1. The molecule has 2 aromatic carbocycles. The number of benzene rings is 2. The first-order valence-corrected chi connectivity index (χ1v) is 10.6. The van der Waals surface area contributed by atoms with Gasteiger partial charge in [-0.3, -0.25) is 14.5 Å². The van der Waals surface area contributed by atoms with Crippen LogP contribution in [0.15, 0.2) is 70.6 Å². The van der Waals surface area contributed by atoms with Crippen LogP contribution in [0.3, 0.4) is 0 Å². The van der Waals surface area contributed by atoms with Crippen LogP contribution in [0.2, 0.25) is 0 Å². The van der Waals surface area contributed by atoms with E-state index < -0.39 is 5.72 Å². The smallest absolute Gasteiger partial charge is 0.270 e. The number of aromatic nitrogens is 3. The Morgan fingerprint density at radius 3 is 2.87 bits per heavy atom. The van der Waals surface area contributed by atoms with Crippen molar-refractivity contribution in [1.82, 2.24) is 14.8 Å². The quantitative estimate of drug-likeness (QED) is 0.548. The van der Waals surface area contributed by atoms with Gasteiger partial charge in [0.05, 0.1) is 22.5 Å². The van der Waals surface area contributed by atoms with Crippen LogP contribution in [-0.4, -0.2) is 20.5 Å². The lowest BCUT2D eigenvalue weighted by molar-refractivity contribution is 0.0410. The number of ether oxygens (including phenoxy) is 1. The van der Waals surface area contributed by atoms with Crippen molar-refractivity contribution >= 4 is 17.4 Å². The topological polar surface area (TPSA) is 72.3 Å². The summed E-state index contributed by atoms with van der Waals surface area (Å²) in [7, 11) is 0. The predicted molar refractivity (Wildman–Crippen MR) is 115 cm³/mol. The lowest BCUT2D eigenvalue weighted by Crippen LogP contribution is -2.49. The van der Waals surface area contributed by atoms with Gasteiger partial charge in [0.15, 0.2) is 4.80 Å². The van der Waals surface area contributed by atoms with E-state index >= 15 is 0 Å². The molecule has 0 spiro atoms. The summed E-state index contributed by atoms with van der Waals surface area (Å²) >= 11 is 1.40. The fourth-order valence-electron chi connectivity index (χ4n) is 4.32. The first-order valence-electron chi connectivity index (χ1n) is 9.81. The number of hydrogen-bond acceptors (Lipinski definition) is 5. The predicted octanol–water partition coefficient (Wildman–Crippen LogP) is 2.85. The monoisotopic (exact) mass is 414 g/mol. The van der Waals surface area contributed by atoms with Gasteiger partial charge in [0.1, 0.15) is 5.75 Å². The highest BCUT2D eigenvalue weighted by atomic mass is 32.1. The van der Waals surface area contributed by atoms with E-state index in [0.29, 0.717) is 15.8 Å². The number of para-hydroxylation sites is 1. The van der Waals surface area contributed by atoms with E-state index in [0.717, 1.165) is 28.1 Å². The van der Waals surface area contributed by atoms with Gasteiger partial charge in [-0.25, -0.2) is 4.99 Å². The lowest BCUT2D eigenvalue weighted by Gasteiger charge is -2.39. The van der Waals surface area contributed by atoms with Crippen LogP contribution in [0.25, 0.3) is 17.3 Å². The minimum atomic E-state index is -0.654. The molecule has 0 saturated carbocycles. The Balaban J connectivity index is 1.55. The zero-order valence-corrected chi connectivity index (χ0v) is 17.0. The zero-order valence-electron chi connectivity index (χ0n) is 16.2. The van der Waals surface area contributed by atoms with Crippen molar-refractivity contribution in [3.05, 3.63) is 91.6 Å². The van der Waals surface area contributed by atoms with Crippen LogP contribution < -0.4 is 19.6 Å². The molecule has 148 valence electrons. The Kier molecular flexibility index (Phi) is 3.64. The van der Waals surface area contributed by atoms with Gasteiger partial charge in [-0.1, -0.05) is 59.9 Å². The molecular weight excluding hydrogens is 396 g/mol. The number of thiazole rings is 1. The third kappa shape index (κ3) is 2.59. The van der Waals surface area contributed by atoms with Crippen LogP contribution in [-0.2, 0) is 0 Å². The molecule has 6 rings (SSSR count). The van der Waals surface area contributed by atoms with E-state index in [1.54, 1.807) is 6.20 Å². The van der Waals surface area contributed by atoms with Gasteiger partial charge in [-0.15, -0.1) is 0 Å². The van der Waals surface area contributed by atoms with Gasteiger partial charge in [-0.2, -0.15) is 5.10 Å². The molecule has 2 bridgehead atoms. The average molecular weight is 414 g/mol. The summed E-state index contributed by atoms with van der Waals surface area (Å²) in [5.74, 6) is 0.801. The van der Waals surface area contributed by atoms with Crippen molar-refractivity contribution < 1.29 is 4.74 Å². The molecule has 1 N–H and O–H groups in total. The highest BCUT2D eigenvalue weighted by molar-refractivity contribution is 7.07. The number of nitrogens with one attached hydrogen (secondary N) is 1. The minimum absolute atomic E-state index is 0.0253. The van der Waals surface area contributed by atoms with Gasteiger partial charge in [0, 0.05) is 23.1 Å². The van der Waals surface area contributed by atoms with Gasteiger partial charge < -0.3 is 4.74 Å². The number of fused-ring (bicyclic) bond motifs is 6. The molecule has 2 aromatic heterocycles. The van der Waals surface area contributed by atoms with E-state index in [1.807, 2.05) is 72.2 Å². The van der Waals surface area contributed by atoms with E-state index in [9.17, 15) is 4.79 Å². The summed E-state index contributed by atoms with van der Waals surface area (Å²) < 4.78 is 8.64. The first kappa shape index (κ1) is 17.4. The fraction of sp³-hybridized carbons (Fsp3) is 0.174. The highest BCUT2D eigenvalue weighted by Crippen LogP contribution is 2.42. The molecule has 2 atom stereocenters. The van der Waals surface area contributed by atoms with Crippen molar-refractivity contribution in [2.75, 3.05) is 0 Å². The maximum absolute atomic E-state index is 13.4. The van der Waals surface area contributed by atoms with Crippen LogP contribution in [0.4, 0.5) is 0 Å². The Morgan fingerprint density at radius 1 is 1.20 bits per heavy atom. The van der Waals surface area contributed by atoms with Gasteiger partial charge >= 0.3 is 0 Å². The fourth-order valence-corrected chi connectivity index (χ4v) is 5.43. The Labute approximate surface area is 175 Å². The summed E-state index contributed by atoms with van der Waals surface area (Å²) in [5, 5.41) is 7.25. The number of nitrogens with zero attached hydrogens (tertiary/aromatic N) is 3. The number of H-pyrrole nitrogens is 1. The summed E-state index contributed by atoms with van der Waals surface area (Å²) in [6.45, 7) is 1.98. The lowest BCUT2D eigenvalue weighted by atomic mass is 9.93. The molecule has 0 unspecified atom stereocenters. The molecule has 2 aliphatic heterocycles. The van der Waals surface area contributed by atoms with Crippen LogP contribution >= 0.6 is 11.3 Å². The minimum Gasteiger partial charge on any atom is -0.466 e. The van der Waals surface area contributed by atoms with Crippen LogP contribution in [0.1, 0.15) is 30.5 Å². The van der Waals surface area contributed by atoms with Crippen molar-refractivity contribution in [2.45, 2.75) is 25.1 Å². The van der Waals surface area contributed by atoms with Crippen molar-refractivity contribution in [3.8, 4) is 17.0 Å². The normalized spacial score (nSPS) is 22.0. The van der Waals surface area contributed by atoms with Gasteiger partial charge in [0.25, 0.3) is 5.56 Å². The largest absolute Gasteiger partial charge is 0.466 e. The van der Waals surface area contributed by atoms with Gasteiger partial charge in [-0.05, 0) is 19.1 Å². The van der Waals surface area contributed by atoms with Crippen molar-refractivity contribution in [1.29, 1.82) is 0 Å². The van der Waals surface area contributed by atoms with Gasteiger partial charge in [0.2, 0.25) is 5.72 Å². The third-order valence-electron chi connectivity index (χ3n) is 5.68. The molecule has 4 heterocycles. The summed E-state index contributed by atoms with van der Waals surface area (Å²) in [5.41, 5.74) is 3.15. The molecule has 0 saturated heterocycles. The molecule has 2 aliphatic rings. The Bertz CT molecular complexity index is 1450. The van der Waals surface area contributed by atoms with E-state index in [2.05, 4.69) is 10.2 Å². The molecule has 0 radical (unpaired) electrons. The average Bonchev–Trinajstić information content (AvgIpc) is 3.33. The third-order valence-corrected chi connectivity index (χ3v) is 6.66. The molecule has 4 aromatic rings. The molecular formula is C23H18N4O2S. The summed E-state index contributed by atoms with van der Waals surface area (Å²) in [6.07, 6.45) is 4.30. The summed E-state index contributed by atoms with van der Waals surface area (Å²) in [4.78, 5) is 18.9. The second kappa shape index (κ2) is 6.27. The van der Waals surface area contributed by atoms with Crippen molar-refractivity contribution in [3.63, 3.8) is 0 Å². The second-order valence-electron chi connectivity index (χ2n) is 7.78. The van der Waals surface area contributed by atoms with E-state index in [1.165, 1.54) is 11.3 Å². The highest BCUT2D eigenvalue weighted by Gasteiger charge is 2.42. The standard InChI is InChI=1S/C23H18N4O2S/c1-23-12-17(16-9-5-6-10-18(16)29-23)27-21(28)19(30-22(27)25-23)11-15-13-24-26-20(15)14-7-3-2-4-8-14/h2-11,13,17H,12H2,1H3,(H,24,26)/b19-11-/t17-,23-/m0/s1. The van der Waals surface area contributed by atoms with E-state index in [4.69, 9.17) is 9.73 Å². The molecule has 0 aliphatic carbocycles. The maximum Gasteiger partial charge on any atom is 0.270 e. The maximum atomic E-state index is 13.4. The van der Waals surface area contributed by atoms with Crippen LogP contribution in [0, 0.1) is 0 Å². The Hall–Kier alpha value is -3.45. The molecule has 6 nitrogen and oxygen atoms in total. The zero-order chi connectivity index (χ0) is 20.3. The first-order chi connectivity index (χ1) is 14.6. The van der Waals surface area contributed by atoms with Crippen LogP contribution in [0.5, 0.6) is 5.75 Å². The molecule has 0 fully saturated rings. The number of hydrogen-bond donors (Lipinski definition) is 1. The Morgan fingerprint density at radius 2 is 2.00 bits per heavy atom. The number of rotatable bonds is 2. The SMILES string of the molecule is C[C@@]12C[C@@H](c3ccccc3O1)n1c(s/c(=C\c3cn[nH]c3-c3ccccc3)c1=O)=N2.